The fourth-order valence-corrected chi connectivity index (χ4v) is 5.97. The van der Waals surface area contributed by atoms with Crippen molar-refractivity contribution in [2.75, 3.05) is 11.9 Å². The number of hydrogen-bond donors (Lipinski definition) is 1. The molecule has 26 heavy (non-hydrogen) atoms. The zero-order chi connectivity index (χ0) is 17.9. The molecule has 4 rings (SSSR count). The molecule has 0 unspecified atom stereocenters. The Bertz CT molecular complexity index is 961. The first kappa shape index (κ1) is 17.9. The van der Waals surface area contributed by atoms with Crippen molar-refractivity contribution in [3.05, 3.63) is 32.7 Å². The molecular formula is C17H21N5OS3. The normalized spacial score (nSPS) is 13.9. The highest BCUT2D eigenvalue weighted by Crippen LogP contribution is 2.30. The maximum Gasteiger partial charge on any atom is 0.259 e. The Labute approximate surface area is 164 Å². The first-order valence-corrected chi connectivity index (χ1v) is 11.6. The number of thioether (sulfide) groups is 1. The van der Waals surface area contributed by atoms with Crippen LogP contribution in [0.25, 0.3) is 4.96 Å². The SMILES string of the molecule is CCCCNc1nnc(SCc2cc(=O)n3c4c(sc3n2)CCCC4)s1. The molecule has 0 aliphatic heterocycles. The predicted molar refractivity (Wildman–Crippen MR) is 109 cm³/mol. The summed E-state index contributed by atoms with van der Waals surface area (Å²) in [4.78, 5) is 19.5. The second-order valence-electron chi connectivity index (χ2n) is 6.32. The summed E-state index contributed by atoms with van der Waals surface area (Å²) < 4.78 is 2.71. The number of hydrogen-bond acceptors (Lipinski definition) is 8. The zero-order valence-corrected chi connectivity index (χ0v) is 17.1. The number of fused-ring (bicyclic) bond motifs is 3. The van der Waals surface area contributed by atoms with Gasteiger partial charge < -0.3 is 5.32 Å². The molecule has 0 fully saturated rings. The predicted octanol–water partition coefficient (Wildman–Crippen LogP) is 3.99. The van der Waals surface area contributed by atoms with Crippen molar-refractivity contribution < 1.29 is 0 Å². The average molecular weight is 408 g/mol. The maximum absolute atomic E-state index is 12.6. The third-order valence-electron chi connectivity index (χ3n) is 4.37. The lowest BCUT2D eigenvalue weighted by atomic mass is 10.0. The van der Waals surface area contributed by atoms with Gasteiger partial charge in [-0.1, -0.05) is 36.4 Å². The zero-order valence-electron chi connectivity index (χ0n) is 14.7. The molecule has 0 atom stereocenters. The highest BCUT2D eigenvalue weighted by Gasteiger charge is 2.18. The smallest absolute Gasteiger partial charge is 0.259 e. The van der Waals surface area contributed by atoms with Crippen LogP contribution in [-0.2, 0) is 18.6 Å². The number of thiazole rings is 1. The van der Waals surface area contributed by atoms with Gasteiger partial charge in [-0.3, -0.25) is 9.20 Å². The molecule has 0 radical (unpaired) electrons. The van der Waals surface area contributed by atoms with E-state index >= 15 is 0 Å². The van der Waals surface area contributed by atoms with E-state index in [4.69, 9.17) is 4.98 Å². The van der Waals surface area contributed by atoms with Crippen molar-refractivity contribution in [2.45, 2.75) is 55.5 Å². The number of unbranched alkanes of at least 4 members (excludes halogenated alkanes) is 1. The van der Waals surface area contributed by atoms with Gasteiger partial charge in [-0.25, -0.2) is 4.98 Å². The van der Waals surface area contributed by atoms with Gasteiger partial charge in [0, 0.05) is 28.9 Å². The van der Waals surface area contributed by atoms with Gasteiger partial charge in [0.05, 0.1) is 5.69 Å². The Morgan fingerprint density at radius 1 is 1.27 bits per heavy atom. The van der Waals surface area contributed by atoms with E-state index in [-0.39, 0.29) is 5.56 Å². The fraction of sp³-hybridized carbons (Fsp3) is 0.529. The van der Waals surface area contributed by atoms with Gasteiger partial charge >= 0.3 is 0 Å². The summed E-state index contributed by atoms with van der Waals surface area (Å²) in [7, 11) is 0. The number of rotatable bonds is 7. The van der Waals surface area contributed by atoms with Gasteiger partial charge in [-0.2, -0.15) is 0 Å². The van der Waals surface area contributed by atoms with E-state index in [1.165, 1.54) is 17.0 Å². The second kappa shape index (κ2) is 8.06. The number of aryl methyl sites for hydroxylation is 2. The molecule has 138 valence electrons. The van der Waals surface area contributed by atoms with Crippen LogP contribution in [0, 0.1) is 0 Å². The molecule has 3 heterocycles. The molecular weight excluding hydrogens is 386 g/mol. The topological polar surface area (TPSA) is 72.2 Å². The lowest BCUT2D eigenvalue weighted by Gasteiger charge is -2.09. The lowest BCUT2D eigenvalue weighted by Crippen LogP contribution is -2.17. The Morgan fingerprint density at radius 3 is 3.04 bits per heavy atom. The Morgan fingerprint density at radius 2 is 2.15 bits per heavy atom. The molecule has 0 saturated heterocycles. The molecule has 1 N–H and O–H groups in total. The minimum atomic E-state index is 0.0455. The largest absolute Gasteiger partial charge is 0.360 e. The van der Waals surface area contributed by atoms with Gasteiger partial charge in [-0.15, -0.1) is 21.5 Å². The molecule has 9 heteroatoms. The Hall–Kier alpha value is -1.45. The van der Waals surface area contributed by atoms with Crippen LogP contribution >= 0.6 is 34.4 Å². The molecule has 3 aromatic rings. The van der Waals surface area contributed by atoms with E-state index in [1.54, 1.807) is 40.5 Å². The van der Waals surface area contributed by atoms with Gasteiger partial charge in [0.2, 0.25) is 5.13 Å². The van der Waals surface area contributed by atoms with E-state index in [1.807, 2.05) is 4.40 Å². The summed E-state index contributed by atoms with van der Waals surface area (Å²) in [6, 6.07) is 1.67. The minimum absolute atomic E-state index is 0.0455. The molecule has 0 bridgehead atoms. The van der Waals surface area contributed by atoms with Crippen LogP contribution in [0.2, 0.25) is 0 Å². The van der Waals surface area contributed by atoms with Crippen molar-refractivity contribution in [1.82, 2.24) is 19.6 Å². The number of nitrogens with one attached hydrogen (secondary N) is 1. The van der Waals surface area contributed by atoms with E-state index in [0.29, 0.717) is 5.75 Å². The van der Waals surface area contributed by atoms with Crippen LogP contribution in [0.3, 0.4) is 0 Å². The monoisotopic (exact) mass is 407 g/mol. The van der Waals surface area contributed by atoms with Crippen LogP contribution in [0.15, 0.2) is 15.2 Å². The first-order valence-electron chi connectivity index (χ1n) is 8.98. The second-order valence-corrected chi connectivity index (χ2v) is 9.59. The third-order valence-corrected chi connectivity index (χ3v) is 7.56. The van der Waals surface area contributed by atoms with E-state index in [2.05, 4.69) is 22.4 Å². The lowest BCUT2D eigenvalue weighted by molar-refractivity contribution is 0.670. The molecule has 6 nitrogen and oxygen atoms in total. The quantitative estimate of drug-likeness (QED) is 0.472. The highest BCUT2D eigenvalue weighted by atomic mass is 32.2. The van der Waals surface area contributed by atoms with Gasteiger partial charge in [0.1, 0.15) is 0 Å². The summed E-state index contributed by atoms with van der Waals surface area (Å²) >= 11 is 4.81. The Kier molecular flexibility index (Phi) is 5.56. The minimum Gasteiger partial charge on any atom is -0.360 e. The number of aromatic nitrogens is 4. The summed E-state index contributed by atoms with van der Waals surface area (Å²) in [6.45, 7) is 3.09. The molecule has 0 spiro atoms. The van der Waals surface area contributed by atoms with Crippen LogP contribution < -0.4 is 10.9 Å². The van der Waals surface area contributed by atoms with Crippen LogP contribution in [-0.4, -0.2) is 26.1 Å². The molecule has 1 aliphatic rings. The van der Waals surface area contributed by atoms with Crippen molar-refractivity contribution in [3.63, 3.8) is 0 Å². The van der Waals surface area contributed by atoms with Crippen LogP contribution in [0.4, 0.5) is 5.13 Å². The van der Waals surface area contributed by atoms with Crippen LogP contribution in [0.1, 0.15) is 48.9 Å². The standard InChI is InChI=1S/C17H21N5OS3/c1-2-3-8-18-15-20-21-17(26-15)24-10-11-9-14(23)22-12-6-4-5-7-13(12)25-16(22)19-11/h9H,2-8,10H2,1H3,(H,18,20). The van der Waals surface area contributed by atoms with Gasteiger partial charge in [0.25, 0.3) is 5.56 Å². The molecule has 0 saturated carbocycles. The molecule has 3 aromatic heterocycles. The van der Waals surface area contributed by atoms with Gasteiger partial charge in [0.15, 0.2) is 9.30 Å². The Balaban J connectivity index is 1.47. The number of anilines is 1. The van der Waals surface area contributed by atoms with Crippen molar-refractivity contribution in [1.29, 1.82) is 0 Å². The maximum atomic E-state index is 12.6. The molecule has 1 aliphatic carbocycles. The molecule has 0 amide bonds. The molecule has 0 aromatic carbocycles. The summed E-state index contributed by atoms with van der Waals surface area (Å²) in [5.41, 5.74) is 2.04. The van der Waals surface area contributed by atoms with Crippen molar-refractivity contribution in [3.8, 4) is 0 Å². The van der Waals surface area contributed by atoms with Crippen molar-refractivity contribution >= 4 is 44.5 Å². The van der Waals surface area contributed by atoms with Crippen LogP contribution in [0.5, 0.6) is 0 Å². The third kappa shape index (κ3) is 3.79. The fourth-order valence-electron chi connectivity index (χ4n) is 3.06. The van der Waals surface area contributed by atoms with E-state index in [0.717, 1.165) is 58.8 Å². The van der Waals surface area contributed by atoms with E-state index in [9.17, 15) is 4.79 Å². The summed E-state index contributed by atoms with van der Waals surface area (Å²) in [5.74, 6) is 0.637. The highest BCUT2D eigenvalue weighted by molar-refractivity contribution is 8.00. The average Bonchev–Trinajstić information content (AvgIpc) is 3.24. The summed E-state index contributed by atoms with van der Waals surface area (Å²) in [6.07, 6.45) is 6.72. The first-order chi connectivity index (χ1) is 12.7. The van der Waals surface area contributed by atoms with E-state index < -0.39 is 0 Å². The van der Waals surface area contributed by atoms with Gasteiger partial charge in [-0.05, 0) is 32.1 Å². The number of nitrogens with zero attached hydrogens (tertiary/aromatic N) is 4. The van der Waals surface area contributed by atoms with Crippen molar-refractivity contribution in [2.24, 2.45) is 0 Å². The summed E-state index contributed by atoms with van der Waals surface area (Å²) in [5, 5.41) is 12.5.